The van der Waals surface area contributed by atoms with Crippen molar-refractivity contribution in [2.75, 3.05) is 5.32 Å². The van der Waals surface area contributed by atoms with Gasteiger partial charge >= 0.3 is 5.97 Å². The topological polar surface area (TPSA) is 97.1 Å². The third-order valence-corrected chi connectivity index (χ3v) is 2.46. The number of carbonyl (C=O) groups excluding carboxylic acids is 1. The van der Waals surface area contributed by atoms with Crippen LogP contribution in [0.3, 0.4) is 0 Å². The van der Waals surface area contributed by atoms with Gasteiger partial charge in [-0.15, -0.1) is 5.10 Å². The molecule has 1 heterocycles. The Hall–Kier alpha value is -2.77. The second-order valence-corrected chi connectivity index (χ2v) is 4.14. The first-order valence-corrected chi connectivity index (χ1v) is 5.65. The first-order chi connectivity index (χ1) is 9.45. The number of benzene rings is 1. The highest BCUT2D eigenvalue weighted by molar-refractivity contribution is 5.90. The molecule has 8 heteroatoms. The SMILES string of the molecule is Cc1ccc(NC(=O)Cn2cc(C(=O)O)nn2)c(F)c1. The van der Waals surface area contributed by atoms with E-state index in [1.54, 1.807) is 13.0 Å². The summed E-state index contributed by atoms with van der Waals surface area (Å²) in [5, 5.41) is 17.9. The highest BCUT2D eigenvalue weighted by Crippen LogP contribution is 2.15. The Morgan fingerprint density at radius 3 is 2.80 bits per heavy atom. The number of halogens is 1. The lowest BCUT2D eigenvalue weighted by molar-refractivity contribution is -0.117. The van der Waals surface area contributed by atoms with E-state index in [2.05, 4.69) is 15.6 Å². The van der Waals surface area contributed by atoms with E-state index in [0.717, 1.165) is 16.4 Å². The van der Waals surface area contributed by atoms with Crippen LogP contribution in [0, 0.1) is 12.7 Å². The van der Waals surface area contributed by atoms with Crippen LogP contribution in [0.15, 0.2) is 24.4 Å². The van der Waals surface area contributed by atoms with Crippen LogP contribution in [0.5, 0.6) is 0 Å². The molecular formula is C12H11FN4O3. The molecule has 2 N–H and O–H groups in total. The van der Waals surface area contributed by atoms with Gasteiger partial charge in [0.05, 0.1) is 11.9 Å². The van der Waals surface area contributed by atoms with E-state index >= 15 is 0 Å². The van der Waals surface area contributed by atoms with Crippen LogP contribution in [0.4, 0.5) is 10.1 Å². The Labute approximate surface area is 113 Å². The molecule has 20 heavy (non-hydrogen) atoms. The highest BCUT2D eigenvalue weighted by atomic mass is 19.1. The van der Waals surface area contributed by atoms with Crippen LogP contribution < -0.4 is 5.32 Å². The van der Waals surface area contributed by atoms with Crippen molar-refractivity contribution in [1.29, 1.82) is 0 Å². The normalized spacial score (nSPS) is 10.3. The van der Waals surface area contributed by atoms with E-state index in [-0.39, 0.29) is 17.9 Å². The van der Waals surface area contributed by atoms with Crippen LogP contribution in [-0.2, 0) is 11.3 Å². The minimum atomic E-state index is -1.23. The number of carboxylic acid groups (broad SMARTS) is 1. The fraction of sp³-hybridized carbons (Fsp3) is 0.167. The fourth-order valence-corrected chi connectivity index (χ4v) is 1.53. The predicted molar refractivity (Wildman–Crippen MR) is 66.7 cm³/mol. The molecule has 0 saturated carbocycles. The summed E-state index contributed by atoms with van der Waals surface area (Å²) in [6, 6.07) is 4.41. The number of carboxylic acids is 1. The number of hydrogen-bond acceptors (Lipinski definition) is 4. The van der Waals surface area contributed by atoms with Gasteiger partial charge in [0.25, 0.3) is 0 Å². The van der Waals surface area contributed by atoms with Crippen LogP contribution >= 0.6 is 0 Å². The average Bonchev–Trinajstić information content (AvgIpc) is 2.81. The Kier molecular flexibility index (Phi) is 3.74. The second-order valence-electron chi connectivity index (χ2n) is 4.14. The number of nitrogens with one attached hydrogen (secondary N) is 1. The molecule has 0 bridgehead atoms. The number of nitrogens with zero attached hydrogens (tertiary/aromatic N) is 3. The van der Waals surface area contributed by atoms with Crippen molar-refractivity contribution in [3.8, 4) is 0 Å². The number of aryl methyl sites for hydroxylation is 1. The molecule has 0 fully saturated rings. The van der Waals surface area contributed by atoms with Gasteiger partial charge in [0.15, 0.2) is 5.69 Å². The summed E-state index contributed by atoms with van der Waals surface area (Å²) >= 11 is 0. The molecule has 0 aliphatic rings. The maximum absolute atomic E-state index is 13.5. The number of rotatable bonds is 4. The molecule has 0 unspecified atom stereocenters. The molecular weight excluding hydrogens is 267 g/mol. The van der Waals surface area contributed by atoms with Gasteiger partial charge in [-0.05, 0) is 24.6 Å². The highest BCUT2D eigenvalue weighted by Gasteiger charge is 2.12. The van der Waals surface area contributed by atoms with Gasteiger partial charge in [-0.25, -0.2) is 13.9 Å². The van der Waals surface area contributed by atoms with Gasteiger partial charge in [0, 0.05) is 0 Å². The lowest BCUT2D eigenvalue weighted by atomic mass is 10.2. The zero-order valence-electron chi connectivity index (χ0n) is 10.5. The molecule has 0 spiro atoms. The van der Waals surface area contributed by atoms with Gasteiger partial charge in [-0.2, -0.15) is 0 Å². The Bertz CT molecular complexity index is 668. The molecule has 104 valence electrons. The fourth-order valence-electron chi connectivity index (χ4n) is 1.53. The van der Waals surface area contributed by atoms with Crippen LogP contribution in [0.1, 0.15) is 16.1 Å². The molecule has 0 aliphatic carbocycles. The van der Waals surface area contributed by atoms with E-state index in [4.69, 9.17) is 5.11 Å². The number of aromatic nitrogens is 3. The molecule has 2 rings (SSSR count). The summed E-state index contributed by atoms with van der Waals surface area (Å²) in [5.74, 6) is -2.31. The maximum Gasteiger partial charge on any atom is 0.358 e. The van der Waals surface area contributed by atoms with Gasteiger partial charge in [-0.3, -0.25) is 4.79 Å². The van der Waals surface area contributed by atoms with Gasteiger partial charge < -0.3 is 10.4 Å². The number of amides is 1. The standard InChI is InChI=1S/C12H11FN4O3/c1-7-2-3-9(8(13)4-7)14-11(18)6-17-5-10(12(19)20)15-16-17/h2-5H,6H2,1H3,(H,14,18)(H,19,20). The molecule has 1 amide bonds. The van der Waals surface area contributed by atoms with Crippen LogP contribution in [-0.4, -0.2) is 32.0 Å². The molecule has 7 nitrogen and oxygen atoms in total. The lowest BCUT2D eigenvalue weighted by Crippen LogP contribution is -2.19. The zero-order chi connectivity index (χ0) is 14.7. The Balaban J connectivity index is 2.03. The van der Waals surface area contributed by atoms with E-state index in [9.17, 15) is 14.0 Å². The molecule has 1 aromatic carbocycles. The van der Waals surface area contributed by atoms with Gasteiger partial charge in [0.2, 0.25) is 5.91 Å². The minimum Gasteiger partial charge on any atom is -0.476 e. The second kappa shape index (κ2) is 5.47. The van der Waals surface area contributed by atoms with E-state index < -0.39 is 17.7 Å². The van der Waals surface area contributed by atoms with Crippen LogP contribution in [0.2, 0.25) is 0 Å². The average molecular weight is 278 g/mol. The first kappa shape index (κ1) is 13.7. The molecule has 1 aromatic heterocycles. The summed E-state index contributed by atoms with van der Waals surface area (Å²) in [6.07, 6.45) is 1.12. The van der Waals surface area contributed by atoms with Crippen molar-refractivity contribution in [2.24, 2.45) is 0 Å². The molecule has 2 aromatic rings. The summed E-state index contributed by atoms with van der Waals surface area (Å²) in [4.78, 5) is 22.3. The van der Waals surface area contributed by atoms with Crippen molar-refractivity contribution < 1.29 is 19.1 Å². The van der Waals surface area contributed by atoms with E-state index in [0.29, 0.717) is 0 Å². The van der Waals surface area contributed by atoms with Crippen molar-refractivity contribution in [3.63, 3.8) is 0 Å². The summed E-state index contributed by atoms with van der Waals surface area (Å²) in [5.41, 5.74) is 0.529. The largest absolute Gasteiger partial charge is 0.476 e. The number of aromatic carboxylic acids is 1. The first-order valence-electron chi connectivity index (χ1n) is 5.65. The van der Waals surface area contributed by atoms with Crippen molar-refractivity contribution in [2.45, 2.75) is 13.5 Å². The van der Waals surface area contributed by atoms with Gasteiger partial charge in [-0.1, -0.05) is 11.3 Å². The zero-order valence-corrected chi connectivity index (χ0v) is 10.5. The maximum atomic E-state index is 13.5. The number of anilines is 1. The third-order valence-electron chi connectivity index (χ3n) is 2.46. The monoisotopic (exact) mass is 278 g/mol. The molecule has 0 atom stereocenters. The third kappa shape index (κ3) is 3.16. The summed E-state index contributed by atoms with van der Waals surface area (Å²) < 4.78 is 14.6. The van der Waals surface area contributed by atoms with Gasteiger partial charge in [0.1, 0.15) is 12.4 Å². The minimum absolute atomic E-state index is 0.0548. The van der Waals surface area contributed by atoms with E-state index in [1.807, 2.05) is 0 Å². The van der Waals surface area contributed by atoms with E-state index in [1.165, 1.54) is 12.1 Å². The summed E-state index contributed by atoms with van der Waals surface area (Å²) in [6.45, 7) is 1.48. The quantitative estimate of drug-likeness (QED) is 0.871. The molecule has 0 radical (unpaired) electrons. The smallest absolute Gasteiger partial charge is 0.358 e. The number of hydrogen-bond donors (Lipinski definition) is 2. The Morgan fingerprint density at radius 1 is 1.45 bits per heavy atom. The summed E-state index contributed by atoms with van der Waals surface area (Å²) in [7, 11) is 0. The lowest BCUT2D eigenvalue weighted by Gasteiger charge is -2.06. The Morgan fingerprint density at radius 2 is 2.20 bits per heavy atom. The van der Waals surface area contributed by atoms with Crippen LogP contribution in [0.25, 0.3) is 0 Å². The molecule has 0 saturated heterocycles. The van der Waals surface area contributed by atoms with Crippen molar-refractivity contribution in [3.05, 3.63) is 41.5 Å². The van der Waals surface area contributed by atoms with Crippen molar-refractivity contribution in [1.82, 2.24) is 15.0 Å². The predicted octanol–water partition coefficient (Wildman–Crippen LogP) is 1.06. The van der Waals surface area contributed by atoms with Crippen molar-refractivity contribution >= 4 is 17.6 Å². The molecule has 0 aliphatic heterocycles. The number of carbonyl (C=O) groups is 2.